The number of rotatable bonds is 3. The van der Waals surface area contributed by atoms with Gasteiger partial charge in [0.1, 0.15) is 6.10 Å². The Kier molecular flexibility index (Phi) is 4.26. The first-order chi connectivity index (χ1) is 11.7. The molecule has 7 nitrogen and oxygen atoms in total. The van der Waals surface area contributed by atoms with Gasteiger partial charge in [0.05, 0.1) is 30.8 Å². The number of ether oxygens (including phenoxy) is 1. The molecule has 1 atom stereocenters. The Morgan fingerprint density at radius 3 is 2.92 bits per heavy atom. The minimum absolute atomic E-state index is 0.102. The van der Waals surface area contributed by atoms with Crippen molar-refractivity contribution in [2.75, 3.05) is 19.7 Å². The van der Waals surface area contributed by atoms with Crippen molar-refractivity contribution in [2.45, 2.75) is 57.8 Å². The van der Waals surface area contributed by atoms with E-state index in [2.05, 4.69) is 9.55 Å². The number of hydrogen-bond acceptors (Lipinski definition) is 4. The summed E-state index contributed by atoms with van der Waals surface area (Å²) < 4.78 is 7.70. The second-order valence-corrected chi connectivity index (χ2v) is 6.87. The van der Waals surface area contributed by atoms with E-state index in [-0.39, 0.29) is 17.9 Å². The number of aromatic nitrogens is 2. The number of carbonyl (C=O) groups excluding carboxylic acids is 2. The molecule has 3 aliphatic rings. The van der Waals surface area contributed by atoms with Crippen molar-refractivity contribution >= 4 is 11.8 Å². The minimum atomic E-state index is -0.275. The maximum Gasteiger partial charge on any atom is 0.252 e. The maximum absolute atomic E-state index is 12.7. The Labute approximate surface area is 141 Å². The Morgan fingerprint density at radius 1 is 1.25 bits per heavy atom. The van der Waals surface area contributed by atoms with Gasteiger partial charge >= 0.3 is 0 Å². The monoisotopic (exact) mass is 332 g/mol. The molecule has 24 heavy (non-hydrogen) atoms. The number of hydrogen-bond donors (Lipinski definition) is 0. The fourth-order valence-electron chi connectivity index (χ4n) is 3.86. The van der Waals surface area contributed by atoms with Crippen molar-refractivity contribution in [1.29, 1.82) is 0 Å². The zero-order chi connectivity index (χ0) is 16.5. The molecular weight excluding hydrogens is 308 g/mol. The van der Waals surface area contributed by atoms with Crippen LogP contribution in [0.25, 0.3) is 0 Å². The van der Waals surface area contributed by atoms with Gasteiger partial charge in [-0.1, -0.05) is 0 Å². The number of fused-ring (bicyclic) bond motifs is 1. The number of likely N-dealkylation sites (tertiary alicyclic amines) is 1. The highest BCUT2D eigenvalue weighted by molar-refractivity contribution is 5.81. The van der Waals surface area contributed by atoms with Crippen LogP contribution in [0, 0.1) is 0 Å². The van der Waals surface area contributed by atoms with Crippen LogP contribution in [0.3, 0.4) is 0 Å². The largest absolute Gasteiger partial charge is 0.368 e. The van der Waals surface area contributed by atoms with Gasteiger partial charge < -0.3 is 19.1 Å². The second kappa shape index (κ2) is 6.55. The highest BCUT2D eigenvalue weighted by Gasteiger charge is 2.31. The normalized spacial score (nSPS) is 24.3. The Balaban J connectivity index is 1.51. The van der Waals surface area contributed by atoms with Gasteiger partial charge in [-0.05, 0) is 25.7 Å². The van der Waals surface area contributed by atoms with Gasteiger partial charge in [0.15, 0.2) is 0 Å². The molecule has 2 saturated heterocycles. The lowest BCUT2D eigenvalue weighted by Crippen LogP contribution is -2.39. The van der Waals surface area contributed by atoms with Gasteiger partial charge in [0.2, 0.25) is 5.91 Å². The van der Waals surface area contributed by atoms with Crippen LogP contribution >= 0.6 is 0 Å². The van der Waals surface area contributed by atoms with Gasteiger partial charge in [-0.25, -0.2) is 4.98 Å². The number of aryl methyl sites for hydroxylation is 1. The van der Waals surface area contributed by atoms with Crippen molar-refractivity contribution in [2.24, 2.45) is 0 Å². The minimum Gasteiger partial charge on any atom is -0.368 e. The molecule has 2 amide bonds. The van der Waals surface area contributed by atoms with Crippen molar-refractivity contribution in [1.82, 2.24) is 19.4 Å². The first-order valence-electron chi connectivity index (χ1n) is 8.93. The zero-order valence-corrected chi connectivity index (χ0v) is 13.9. The lowest BCUT2D eigenvalue weighted by Gasteiger charge is -2.24. The van der Waals surface area contributed by atoms with Crippen LogP contribution in [-0.2, 0) is 34.0 Å². The molecule has 0 N–H and O–H groups in total. The van der Waals surface area contributed by atoms with Crippen LogP contribution in [-0.4, -0.2) is 57.0 Å². The summed E-state index contributed by atoms with van der Waals surface area (Å²) in [5, 5.41) is 0. The number of amides is 2. The topological polar surface area (TPSA) is 67.7 Å². The summed E-state index contributed by atoms with van der Waals surface area (Å²) in [5.41, 5.74) is 2.00. The average Bonchev–Trinajstić information content (AvgIpc) is 3.29. The van der Waals surface area contributed by atoms with E-state index in [4.69, 9.17) is 4.74 Å². The molecule has 4 heterocycles. The first-order valence-corrected chi connectivity index (χ1v) is 8.93. The Bertz CT molecular complexity index is 636. The van der Waals surface area contributed by atoms with Crippen LogP contribution < -0.4 is 0 Å². The van der Waals surface area contributed by atoms with Crippen molar-refractivity contribution < 1.29 is 14.3 Å². The van der Waals surface area contributed by atoms with E-state index in [0.29, 0.717) is 26.1 Å². The SMILES string of the molecule is O=C1CCCN1Cc1ncn2c1CN(C(=O)C1CCCO1)CCC2. The molecule has 1 unspecified atom stereocenters. The molecule has 0 saturated carbocycles. The average molecular weight is 332 g/mol. The predicted octanol–water partition coefficient (Wildman–Crippen LogP) is 0.917. The Hall–Kier alpha value is -1.89. The van der Waals surface area contributed by atoms with E-state index in [9.17, 15) is 9.59 Å². The van der Waals surface area contributed by atoms with Gasteiger partial charge in [-0.3, -0.25) is 9.59 Å². The third-order valence-electron chi connectivity index (χ3n) is 5.23. The van der Waals surface area contributed by atoms with Crippen LogP contribution in [0.5, 0.6) is 0 Å². The molecule has 1 aromatic heterocycles. The summed E-state index contributed by atoms with van der Waals surface area (Å²) in [7, 11) is 0. The van der Waals surface area contributed by atoms with Crippen molar-refractivity contribution in [3.8, 4) is 0 Å². The summed E-state index contributed by atoms with van der Waals surface area (Å²) in [6.07, 6.45) is 5.85. The van der Waals surface area contributed by atoms with Gasteiger partial charge in [0, 0.05) is 32.7 Å². The highest BCUT2D eigenvalue weighted by Crippen LogP contribution is 2.22. The van der Waals surface area contributed by atoms with Gasteiger partial charge in [-0.2, -0.15) is 0 Å². The molecule has 0 spiro atoms. The van der Waals surface area contributed by atoms with E-state index >= 15 is 0 Å². The van der Waals surface area contributed by atoms with Crippen molar-refractivity contribution in [3.05, 3.63) is 17.7 Å². The smallest absolute Gasteiger partial charge is 0.252 e. The molecule has 0 bridgehead atoms. The fourth-order valence-corrected chi connectivity index (χ4v) is 3.86. The van der Waals surface area contributed by atoms with Crippen LogP contribution in [0.4, 0.5) is 0 Å². The van der Waals surface area contributed by atoms with Crippen LogP contribution in [0.15, 0.2) is 6.33 Å². The molecule has 3 aliphatic heterocycles. The quantitative estimate of drug-likeness (QED) is 0.825. The molecule has 7 heteroatoms. The third kappa shape index (κ3) is 2.92. The van der Waals surface area contributed by atoms with E-state index in [0.717, 1.165) is 56.7 Å². The van der Waals surface area contributed by atoms with Gasteiger partial charge in [-0.15, -0.1) is 0 Å². The van der Waals surface area contributed by atoms with Gasteiger partial charge in [0.25, 0.3) is 5.91 Å². The fraction of sp³-hybridized carbons (Fsp3) is 0.706. The number of nitrogens with zero attached hydrogens (tertiary/aromatic N) is 4. The zero-order valence-electron chi connectivity index (χ0n) is 13.9. The van der Waals surface area contributed by atoms with Crippen LogP contribution in [0.1, 0.15) is 43.5 Å². The lowest BCUT2D eigenvalue weighted by molar-refractivity contribution is -0.141. The first kappa shape index (κ1) is 15.6. The molecule has 130 valence electrons. The summed E-state index contributed by atoms with van der Waals surface area (Å²) in [5.74, 6) is 0.308. The standard InChI is InChI=1S/C17H24N4O3/c22-16-5-1-6-19(16)10-13-14-11-20(7-3-8-21(14)12-18-13)17(23)15-4-2-9-24-15/h12,15H,1-11H2. The van der Waals surface area contributed by atoms with E-state index in [1.54, 1.807) is 0 Å². The highest BCUT2D eigenvalue weighted by atomic mass is 16.5. The summed E-state index contributed by atoms with van der Waals surface area (Å²) in [6.45, 7) is 4.24. The summed E-state index contributed by atoms with van der Waals surface area (Å²) >= 11 is 0. The van der Waals surface area contributed by atoms with E-state index < -0.39 is 0 Å². The third-order valence-corrected chi connectivity index (χ3v) is 5.23. The summed E-state index contributed by atoms with van der Waals surface area (Å²) in [4.78, 5) is 32.9. The molecule has 1 aromatic rings. The molecular formula is C17H24N4O3. The summed E-state index contributed by atoms with van der Waals surface area (Å²) in [6, 6.07) is 0. The van der Waals surface area contributed by atoms with E-state index in [1.165, 1.54) is 0 Å². The maximum atomic E-state index is 12.7. The molecule has 0 aromatic carbocycles. The van der Waals surface area contributed by atoms with Crippen LogP contribution in [0.2, 0.25) is 0 Å². The number of imidazole rings is 1. The molecule has 2 fully saturated rings. The molecule has 0 aliphatic carbocycles. The van der Waals surface area contributed by atoms with Crippen molar-refractivity contribution in [3.63, 3.8) is 0 Å². The second-order valence-electron chi connectivity index (χ2n) is 6.87. The molecule has 4 rings (SSSR count). The lowest BCUT2D eigenvalue weighted by atomic mass is 10.2. The predicted molar refractivity (Wildman–Crippen MR) is 85.9 cm³/mol. The number of carbonyl (C=O) groups is 2. The molecule has 0 radical (unpaired) electrons. The van der Waals surface area contributed by atoms with E-state index in [1.807, 2.05) is 16.1 Å². The Morgan fingerprint density at radius 2 is 2.17 bits per heavy atom.